The Kier molecular flexibility index (Phi) is 5.65. The van der Waals surface area contributed by atoms with Crippen LogP contribution in [0.3, 0.4) is 0 Å². The Morgan fingerprint density at radius 3 is 2.00 bits per heavy atom. The summed E-state index contributed by atoms with van der Waals surface area (Å²) in [5.74, 6) is 0. The Morgan fingerprint density at radius 2 is 1.56 bits per heavy atom. The second kappa shape index (κ2) is 5.62. The van der Waals surface area contributed by atoms with Crippen molar-refractivity contribution in [1.82, 2.24) is 0 Å². The molecule has 16 heavy (non-hydrogen) atoms. The van der Waals surface area contributed by atoms with Crippen molar-refractivity contribution in [2.24, 2.45) is 0 Å². The third-order valence-electron chi connectivity index (χ3n) is 2.42. The smallest absolute Gasteiger partial charge is 0.746 e. The molecule has 0 spiro atoms. The van der Waals surface area contributed by atoms with Gasteiger partial charge in [0.15, 0.2) is 5.44 Å². The fourth-order valence-electron chi connectivity index (χ4n) is 1.40. The molecule has 1 aromatic rings. The van der Waals surface area contributed by atoms with Crippen LogP contribution < -0.4 is 29.6 Å². The Hall–Kier alpha value is 0.0900. The molecule has 0 saturated heterocycles. The van der Waals surface area contributed by atoms with E-state index in [9.17, 15) is 18.1 Å². The number of hydrogen-bond acceptors (Lipinski definition) is 4. The normalized spacial score (nSPS) is 13.1. The van der Waals surface area contributed by atoms with E-state index in [0.717, 1.165) is 11.1 Å². The Balaban J connectivity index is 0.00000225. The van der Waals surface area contributed by atoms with Crippen molar-refractivity contribution < 1.29 is 47.6 Å². The SMILES string of the molecule is Cc1cc(C)c(C(O)S(=O)(=O)[O-])cc1C.[Na+]. The van der Waals surface area contributed by atoms with E-state index >= 15 is 0 Å². The maximum Gasteiger partial charge on any atom is 1.00 e. The summed E-state index contributed by atoms with van der Waals surface area (Å²) in [4.78, 5) is 0. The van der Waals surface area contributed by atoms with Crippen LogP contribution in [0.5, 0.6) is 0 Å². The van der Waals surface area contributed by atoms with Gasteiger partial charge in [-0.1, -0.05) is 12.1 Å². The summed E-state index contributed by atoms with van der Waals surface area (Å²) in [6.07, 6.45) is 0. The van der Waals surface area contributed by atoms with Crippen LogP contribution in [-0.2, 0) is 10.1 Å². The van der Waals surface area contributed by atoms with Gasteiger partial charge in [-0.3, -0.25) is 0 Å². The predicted molar refractivity (Wildman–Crippen MR) is 55.3 cm³/mol. The molecule has 1 atom stereocenters. The topological polar surface area (TPSA) is 77.4 Å². The van der Waals surface area contributed by atoms with E-state index in [-0.39, 0.29) is 35.1 Å². The summed E-state index contributed by atoms with van der Waals surface area (Å²) in [5, 5.41) is 9.35. The van der Waals surface area contributed by atoms with E-state index in [1.807, 2.05) is 6.92 Å². The van der Waals surface area contributed by atoms with E-state index in [4.69, 9.17) is 0 Å². The first-order chi connectivity index (χ1) is 6.73. The van der Waals surface area contributed by atoms with Crippen LogP contribution in [0.1, 0.15) is 27.7 Å². The minimum atomic E-state index is -4.70. The second-order valence-corrected chi connectivity index (χ2v) is 5.07. The van der Waals surface area contributed by atoms with Crippen molar-refractivity contribution >= 4 is 10.1 Å². The van der Waals surface area contributed by atoms with E-state index in [1.54, 1.807) is 19.9 Å². The molecule has 0 amide bonds. The third-order valence-corrected chi connectivity index (χ3v) is 3.22. The van der Waals surface area contributed by atoms with Gasteiger partial charge in [-0.25, -0.2) is 8.42 Å². The maximum absolute atomic E-state index is 10.7. The molecule has 1 aromatic carbocycles. The average molecular weight is 252 g/mol. The molecule has 0 fully saturated rings. The summed E-state index contributed by atoms with van der Waals surface area (Å²) in [6.45, 7) is 5.34. The molecule has 0 bridgehead atoms. The van der Waals surface area contributed by atoms with Gasteiger partial charge in [-0.2, -0.15) is 0 Å². The molecule has 6 heteroatoms. The third kappa shape index (κ3) is 3.55. The van der Waals surface area contributed by atoms with Crippen molar-refractivity contribution in [2.45, 2.75) is 26.2 Å². The number of hydrogen-bond donors (Lipinski definition) is 1. The van der Waals surface area contributed by atoms with Crippen LogP contribution in [0.25, 0.3) is 0 Å². The van der Waals surface area contributed by atoms with Gasteiger partial charge < -0.3 is 9.66 Å². The molecular weight excluding hydrogens is 239 g/mol. The van der Waals surface area contributed by atoms with Crippen LogP contribution in [0.4, 0.5) is 0 Å². The number of aliphatic hydroxyl groups is 1. The van der Waals surface area contributed by atoms with Crippen molar-refractivity contribution in [2.75, 3.05) is 0 Å². The number of aliphatic hydroxyl groups excluding tert-OH is 1. The first-order valence-corrected chi connectivity index (χ1v) is 5.91. The molecule has 0 aliphatic carbocycles. The molecule has 1 rings (SSSR count). The first kappa shape index (κ1) is 16.1. The van der Waals surface area contributed by atoms with Crippen molar-refractivity contribution in [1.29, 1.82) is 0 Å². The average Bonchev–Trinajstić information content (AvgIpc) is 2.08. The first-order valence-electron chi connectivity index (χ1n) is 4.44. The Morgan fingerprint density at radius 1 is 1.12 bits per heavy atom. The fourth-order valence-corrected chi connectivity index (χ4v) is 1.97. The summed E-state index contributed by atoms with van der Waals surface area (Å²) < 4.78 is 32.0. The maximum atomic E-state index is 10.7. The van der Waals surface area contributed by atoms with E-state index < -0.39 is 15.6 Å². The molecule has 0 radical (unpaired) electrons. The fraction of sp³-hybridized carbons (Fsp3) is 0.400. The van der Waals surface area contributed by atoms with Gasteiger partial charge in [-0.15, -0.1) is 0 Å². The van der Waals surface area contributed by atoms with E-state index in [2.05, 4.69) is 0 Å². The monoisotopic (exact) mass is 252 g/mol. The number of rotatable bonds is 2. The zero-order chi connectivity index (χ0) is 11.8. The summed E-state index contributed by atoms with van der Waals surface area (Å²) in [6, 6.07) is 3.28. The van der Waals surface area contributed by atoms with E-state index in [0.29, 0.717) is 5.56 Å². The zero-order valence-electron chi connectivity index (χ0n) is 9.81. The number of aryl methyl sites for hydroxylation is 3. The second-order valence-electron chi connectivity index (χ2n) is 3.64. The number of benzene rings is 1. The molecule has 0 aromatic heterocycles. The molecule has 1 unspecified atom stereocenters. The van der Waals surface area contributed by atoms with Crippen LogP contribution >= 0.6 is 0 Å². The van der Waals surface area contributed by atoms with Crippen LogP contribution in [0.2, 0.25) is 0 Å². The van der Waals surface area contributed by atoms with Gasteiger partial charge in [-0.05, 0) is 43.0 Å². The van der Waals surface area contributed by atoms with Gasteiger partial charge in [0.1, 0.15) is 10.1 Å². The minimum Gasteiger partial charge on any atom is -0.746 e. The van der Waals surface area contributed by atoms with Crippen LogP contribution in [0.15, 0.2) is 12.1 Å². The minimum absolute atomic E-state index is 0. The summed E-state index contributed by atoms with van der Waals surface area (Å²) >= 11 is 0. The molecular formula is C10H13NaO4S. The van der Waals surface area contributed by atoms with Crippen molar-refractivity contribution in [3.8, 4) is 0 Å². The molecule has 0 aliphatic rings. The van der Waals surface area contributed by atoms with Crippen LogP contribution in [0, 0.1) is 20.8 Å². The van der Waals surface area contributed by atoms with Crippen LogP contribution in [-0.4, -0.2) is 18.1 Å². The quantitative estimate of drug-likeness (QED) is 0.495. The Bertz CT molecular complexity index is 482. The van der Waals surface area contributed by atoms with Gasteiger partial charge in [0.25, 0.3) is 0 Å². The van der Waals surface area contributed by atoms with Gasteiger partial charge in [0.05, 0.1) is 0 Å². The molecule has 84 valence electrons. The van der Waals surface area contributed by atoms with Gasteiger partial charge in [0, 0.05) is 0 Å². The van der Waals surface area contributed by atoms with Gasteiger partial charge in [0.2, 0.25) is 0 Å². The molecule has 0 aliphatic heterocycles. The zero-order valence-corrected chi connectivity index (χ0v) is 12.6. The van der Waals surface area contributed by atoms with Gasteiger partial charge >= 0.3 is 29.6 Å². The summed E-state index contributed by atoms with van der Waals surface area (Å²) in [5.41, 5.74) is 0.625. The molecule has 0 saturated carbocycles. The van der Waals surface area contributed by atoms with Crippen molar-refractivity contribution in [3.63, 3.8) is 0 Å². The molecule has 4 nitrogen and oxygen atoms in total. The standard InChI is InChI=1S/C10H14O4S.Na/c1-6-4-8(3)9(5-7(6)2)10(11)15(12,13)14;/h4-5,10-11H,1-3H3,(H,12,13,14);/q;+1/p-1. The largest absolute Gasteiger partial charge is 1.00 e. The van der Waals surface area contributed by atoms with E-state index in [1.165, 1.54) is 6.07 Å². The molecule has 1 N–H and O–H groups in total. The predicted octanol–water partition coefficient (Wildman–Crippen LogP) is -1.85. The van der Waals surface area contributed by atoms with Crippen molar-refractivity contribution in [3.05, 3.63) is 34.4 Å². The summed E-state index contributed by atoms with van der Waals surface area (Å²) in [7, 11) is -4.70. The Labute approximate surface area is 118 Å². The molecule has 0 heterocycles.